The maximum atomic E-state index is 12.1. The molecule has 0 saturated carbocycles. The van der Waals surface area contributed by atoms with Crippen LogP contribution in [0.25, 0.3) is 11.3 Å². The molecule has 0 spiro atoms. The van der Waals surface area contributed by atoms with Crippen LogP contribution in [-0.2, 0) is 11.3 Å². The summed E-state index contributed by atoms with van der Waals surface area (Å²) >= 11 is 3.39. The third kappa shape index (κ3) is 5.61. The highest BCUT2D eigenvalue weighted by Crippen LogP contribution is 2.18. The van der Waals surface area contributed by atoms with Crippen molar-refractivity contribution in [2.24, 2.45) is 5.73 Å². The molecule has 0 aliphatic rings. The monoisotopic (exact) mass is 454 g/mol. The second-order valence-corrected chi connectivity index (χ2v) is 7.30. The molecule has 3 rings (SSSR count). The average molecular weight is 455 g/mol. The molecule has 29 heavy (non-hydrogen) atoms. The molecule has 0 aliphatic carbocycles. The van der Waals surface area contributed by atoms with Gasteiger partial charge in [-0.05, 0) is 48.9 Å². The number of aromatic nitrogens is 2. The number of nitrogens with one attached hydrogen (secondary N) is 1. The fourth-order valence-electron chi connectivity index (χ4n) is 2.71. The third-order valence-corrected chi connectivity index (χ3v) is 4.76. The molecular weight excluding hydrogens is 436 g/mol. The van der Waals surface area contributed by atoms with Crippen LogP contribution in [0.4, 0.5) is 5.69 Å². The number of anilines is 1. The number of amides is 2. The number of hydrogen-bond donors (Lipinski definition) is 2. The van der Waals surface area contributed by atoms with Gasteiger partial charge in [0, 0.05) is 40.3 Å². The van der Waals surface area contributed by atoms with Crippen molar-refractivity contribution < 1.29 is 9.59 Å². The van der Waals surface area contributed by atoms with Gasteiger partial charge in [0.2, 0.25) is 11.8 Å². The maximum Gasteiger partial charge on any atom is 0.266 e. The number of carbonyl (C=O) groups is 2. The Balaban J connectivity index is 1.57. The van der Waals surface area contributed by atoms with Gasteiger partial charge in [0.1, 0.15) is 0 Å². The Morgan fingerprint density at radius 1 is 1.00 bits per heavy atom. The van der Waals surface area contributed by atoms with E-state index in [1.54, 1.807) is 30.3 Å². The molecular formula is C21H19BrN4O3. The summed E-state index contributed by atoms with van der Waals surface area (Å²) in [7, 11) is 0. The number of hydrogen-bond acceptors (Lipinski definition) is 4. The number of halogens is 1. The Bertz CT molecular complexity index is 1080. The molecule has 0 atom stereocenters. The lowest BCUT2D eigenvalue weighted by Crippen LogP contribution is -2.23. The molecule has 3 N–H and O–H groups in total. The Kier molecular flexibility index (Phi) is 6.56. The van der Waals surface area contributed by atoms with E-state index < -0.39 is 5.91 Å². The maximum absolute atomic E-state index is 12.1. The van der Waals surface area contributed by atoms with Gasteiger partial charge in [0.25, 0.3) is 5.56 Å². The van der Waals surface area contributed by atoms with Gasteiger partial charge in [-0.2, -0.15) is 5.10 Å². The number of nitrogens with zero attached hydrogens (tertiary/aromatic N) is 2. The van der Waals surface area contributed by atoms with Crippen molar-refractivity contribution >= 4 is 33.4 Å². The topological polar surface area (TPSA) is 107 Å². The van der Waals surface area contributed by atoms with Crippen molar-refractivity contribution in [3.63, 3.8) is 0 Å². The predicted octanol–water partition coefficient (Wildman–Crippen LogP) is 3.19. The van der Waals surface area contributed by atoms with Crippen LogP contribution < -0.4 is 16.6 Å². The van der Waals surface area contributed by atoms with Crippen LogP contribution in [0.2, 0.25) is 0 Å². The molecule has 0 bridgehead atoms. The molecule has 0 unspecified atom stereocenters. The third-order valence-electron chi connectivity index (χ3n) is 4.23. The van der Waals surface area contributed by atoms with E-state index in [0.717, 1.165) is 10.0 Å². The van der Waals surface area contributed by atoms with E-state index in [-0.39, 0.29) is 17.9 Å². The Morgan fingerprint density at radius 2 is 1.69 bits per heavy atom. The first-order valence-corrected chi connectivity index (χ1v) is 9.75. The molecule has 0 aliphatic heterocycles. The quantitative estimate of drug-likeness (QED) is 0.571. The van der Waals surface area contributed by atoms with E-state index in [2.05, 4.69) is 26.3 Å². The minimum absolute atomic E-state index is 0.186. The van der Waals surface area contributed by atoms with Crippen molar-refractivity contribution in [1.82, 2.24) is 9.78 Å². The largest absolute Gasteiger partial charge is 0.366 e. The number of nitrogens with two attached hydrogens (primary N) is 1. The molecule has 2 amide bonds. The van der Waals surface area contributed by atoms with Crippen LogP contribution in [0.3, 0.4) is 0 Å². The van der Waals surface area contributed by atoms with Crippen LogP contribution in [-0.4, -0.2) is 21.6 Å². The summed E-state index contributed by atoms with van der Waals surface area (Å²) in [6.45, 7) is 0.331. The van der Waals surface area contributed by atoms with E-state index >= 15 is 0 Å². The van der Waals surface area contributed by atoms with Crippen molar-refractivity contribution in [2.75, 3.05) is 5.32 Å². The number of benzene rings is 2. The first kappa shape index (κ1) is 20.5. The molecule has 148 valence electrons. The first-order valence-electron chi connectivity index (χ1n) is 8.96. The molecule has 0 fully saturated rings. The summed E-state index contributed by atoms with van der Waals surface area (Å²) in [5, 5.41) is 7.14. The van der Waals surface area contributed by atoms with E-state index in [9.17, 15) is 14.4 Å². The molecule has 2 aromatic carbocycles. The lowest BCUT2D eigenvalue weighted by atomic mass is 10.1. The van der Waals surface area contributed by atoms with Gasteiger partial charge in [-0.1, -0.05) is 28.1 Å². The van der Waals surface area contributed by atoms with Crippen molar-refractivity contribution in [3.8, 4) is 11.3 Å². The van der Waals surface area contributed by atoms with E-state index in [0.29, 0.717) is 29.9 Å². The molecule has 1 aromatic heterocycles. The Morgan fingerprint density at radius 3 is 2.34 bits per heavy atom. The highest BCUT2D eigenvalue weighted by molar-refractivity contribution is 9.10. The van der Waals surface area contributed by atoms with Crippen molar-refractivity contribution in [1.29, 1.82) is 0 Å². The van der Waals surface area contributed by atoms with Gasteiger partial charge >= 0.3 is 0 Å². The molecule has 0 saturated heterocycles. The molecule has 0 radical (unpaired) electrons. The zero-order valence-electron chi connectivity index (χ0n) is 15.5. The van der Waals surface area contributed by atoms with Crippen LogP contribution in [0.5, 0.6) is 0 Å². The zero-order chi connectivity index (χ0) is 20.8. The second kappa shape index (κ2) is 9.29. The number of aryl methyl sites for hydroxylation is 1. The highest BCUT2D eigenvalue weighted by Gasteiger charge is 2.07. The zero-order valence-corrected chi connectivity index (χ0v) is 17.1. The summed E-state index contributed by atoms with van der Waals surface area (Å²) in [6, 6.07) is 17.1. The average Bonchev–Trinajstić information content (AvgIpc) is 2.70. The summed E-state index contributed by atoms with van der Waals surface area (Å²) in [6.07, 6.45) is 0.691. The van der Waals surface area contributed by atoms with Crippen LogP contribution in [0.1, 0.15) is 23.2 Å². The summed E-state index contributed by atoms with van der Waals surface area (Å²) in [5.74, 6) is -0.708. The van der Waals surface area contributed by atoms with E-state index in [4.69, 9.17) is 5.73 Å². The lowest BCUT2D eigenvalue weighted by Gasteiger charge is -2.08. The minimum atomic E-state index is -0.522. The van der Waals surface area contributed by atoms with Crippen molar-refractivity contribution in [3.05, 3.63) is 81.1 Å². The fourth-order valence-corrected chi connectivity index (χ4v) is 2.98. The van der Waals surface area contributed by atoms with Gasteiger partial charge < -0.3 is 11.1 Å². The van der Waals surface area contributed by atoms with Crippen LogP contribution in [0, 0.1) is 0 Å². The van der Waals surface area contributed by atoms with Crippen LogP contribution >= 0.6 is 15.9 Å². The second-order valence-electron chi connectivity index (χ2n) is 6.38. The normalized spacial score (nSPS) is 10.5. The molecule has 7 nitrogen and oxygen atoms in total. The molecule has 1 heterocycles. The van der Waals surface area contributed by atoms with E-state index in [1.165, 1.54) is 10.7 Å². The summed E-state index contributed by atoms with van der Waals surface area (Å²) in [5.41, 5.74) is 7.52. The predicted molar refractivity (Wildman–Crippen MR) is 114 cm³/mol. The van der Waals surface area contributed by atoms with Gasteiger partial charge in [-0.15, -0.1) is 0 Å². The minimum Gasteiger partial charge on any atom is -0.366 e. The van der Waals surface area contributed by atoms with Gasteiger partial charge in [-0.25, -0.2) is 4.68 Å². The van der Waals surface area contributed by atoms with E-state index in [1.807, 2.05) is 24.3 Å². The van der Waals surface area contributed by atoms with Gasteiger partial charge in [0.15, 0.2) is 0 Å². The lowest BCUT2D eigenvalue weighted by molar-refractivity contribution is -0.116. The fraction of sp³-hybridized carbons (Fsp3) is 0.143. The smallest absolute Gasteiger partial charge is 0.266 e. The van der Waals surface area contributed by atoms with Crippen molar-refractivity contribution in [2.45, 2.75) is 19.4 Å². The number of carbonyl (C=O) groups excluding carboxylic acids is 2. The SMILES string of the molecule is NC(=O)c1ccc(NC(=O)CCCn2nc(-c3ccc(Br)cc3)ccc2=O)cc1. The highest BCUT2D eigenvalue weighted by atomic mass is 79.9. The van der Waals surface area contributed by atoms with Gasteiger partial charge in [-0.3, -0.25) is 14.4 Å². The Hall–Kier alpha value is -3.26. The molecule has 8 heteroatoms. The number of primary amides is 1. The van der Waals surface area contributed by atoms with Gasteiger partial charge in [0.05, 0.1) is 5.69 Å². The Labute approximate surface area is 175 Å². The number of rotatable bonds is 7. The molecule has 3 aromatic rings. The summed E-state index contributed by atoms with van der Waals surface area (Å²) < 4.78 is 2.33. The first-order chi connectivity index (χ1) is 13.9. The summed E-state index contributed by atoms with van der Waals surface area (Å²) in [4.78, 5) is 35.2. The standard InChI is InChI=1S/C21H19BrN4O3/c22-16-7-3-14(4-8-16)18-11-12-20(28)26(25-18)13-1-2-19(27)24-17-9-5-15(6-10-17)21(23)29/h3-12H,1-2,13H2,(H2,23,29)(H,24,27). The van der Waals surface area contributed by atoms with Crippen LogP contribution in [0.15, 0.2) is 69.9 Å².